The lowest BCUT2D eigenvalue weighted by Crippen LogP contribution is -2.28. The van der Waals surface area contributed by atoms with Crippen LogP contribution in [-0.4, -0.2) is 26.2 Å². The fraction of sp³-hybridized carbons (Fsp3) is 0.192. The average Bonchev–Trinajstić information content (AvgIpc) is 2.87. The van der Waals surface area contributed by atoms with Crippen molar-refractivity contribution in [3.8, 4) is 22.3 Å². The molecule has 4 aromatic rings. The third-order valence-corrected chi connectivity index (χ3v) is 5.34. The summed E-state index contributed by atoms with van der Waals surface area (Å²) in [6.07, 6.45) is -1.34. The largest absolute Gasteiger partial charge is 0.433 e. The summed E-state index contributed by atoms with van der Waals surface area (Å²) in [7, 11) is 1.52. The quantitative estimate of drug-likeness (QED) is 0.168. The van der Waals surface area contributed by atoms with Crippen molar-refractivity contribution >= 4 is 12.2 Å². The van der Waals surface area contributed by atoms with Gasteiger partial charge in [0.2, 0.25) is 12.4 Å². The number of benzene rings is 1. The van der Waals surface area contributed by atoms with E-state index in [-0.39, 0.29) is 11.4 Å². The Morgan fingerprint density at radius 1 is 0.895 bits per heavy atom. The molecule has 0 bridgehead atoms. The third kappa shape index (κ3) is 6.58. The Hall–Kier alpha value is -4.61. The van der Waals surface area contributed by atoms with E-state index in [0.717, 1.165) is 17.2 Å². The molecule has 0 spiro atoms. The van der Waals surface area contributed by atoms with E-state index in [9.17, 15) is 27.2 Å². The molecule has 0 atom stereocenters. The molecule has 198 valence electrons. The highest BCUT2D eigenvalue weighted by Gasteiger charge is 2.31. The summed E-state index contributed by atoms with van der Waals surface area (Å²) >= 11 is 0. The number of amides is 1. The summed E-state index contributed by atoms with van der Waals surface area (Å²) in [4.78, 5) is 30.6. The van der Waals surface area contributed by atoms with Gasteiger partial charge in [0.1, 0.15) is 5.69 Å². The number of carbonyl (C=O) groups excluding carboxylic acids is 1. The van der Waals surface area contributed by atoms with Crippen LogP contribution in [0.2, 0.25) is 0 Å². The first-order chi connectivity index (χ1) is 17.9. The monoisotopic (exact) mass is 528 g/mol. The highest BCUT2D eigenvalue weighted by atomic mass is 19.4. The van der Waals surface area contributed by atoms with Crippen LogP contribution < -0.4 is 16.4 Å². The number of nitrogens with zero attached hydrogens (tertiary/aromatic N) is 4. The maximum Gasteiger partial charge on any atom is 0.433 e. The number of halogens is 4. The molecule has 0 unspecified atom stereocenters. The molecule has 8 nitrogen and oxygen atoms in total. The van der Waals surface area contributed by atoms with Crippen LogP contribution in [0.3, 0.4) is 0 Å². The molecule has 12 heteroatoms. The summed E-state index contributed by atoms with van der Waals surface area (Å²) < 4.78 is 50.4. The van der Waals surface area contributed by atoms with Crippen molar-refractivity contribution in [2.45, 2.75) is 26.9 Å². The molecule has 3 heterocycles. The summed E-state index contributed by atoms with van der Waals surface area (Å²) in [6, 6.07) is 11.4. The Morgan fingerprint density at radius 2 is 1.55 bits per heavy atom. The lowest BCUT2D eigenvalue weighted by atomic mass is 9.96. The number of rotatable bonds is 5. The molecule has 0 fully saturated rings. The van der Waals surface area contributed by atoms with Crippen molar-refractivity contribution in [1.29, 1.82) is 0 Å². The summed E-state index contributed by atoms with van der Waals surface area (Å²) in [5, 5.41) is 4.19. The Kier molecular flexibility index (Phi) is 8.56. The van der Waals surface area contributed by atoms with Crippen LogP contribution >= 0.6 is 0 Å². The van der Waals surface area contributed by atoms with Gasteiger partial charge in [0.05, 0.1) is 5.56 Å². The Bertz CT molecular complexity index is 1480. The lowest BCUT2D eigenvalue weighted by Gasteiger charge is -2.16. The first-order valence-electron chi connectivity index (χ1n) is 11.2. The molecule has 0 aliphatic heterocycles. The van der Waals surface area contributed by atoms with Gasteiger partial charge in [-0.25, -0.2) is 9.67 Å². The van der Waals surface area contributed by atoms with Gasteiger partial charge in [-0.15, -0.1) is 0 Å². The fourth-order valence-electron chi connectivity index (χ4n) is 3.42. The van der Waals surface area contributed by atoms with Crippen LogP contribution in [0.15, 0.2) is 59.7 Å². The van der Waals surface area contributed by atoms with Crippen LogP contribution in [0.1, 0.15) is 22.4 Å². The Labute approximate surface area is 215 Å². The first kappa shape index (κ1) is 28.0. The van der Waals surface area contributed by atoms with Crippen molar-refractivity contribution < 1.29 is 22.4 Å². The van der Waals surface area contributed by atoms with Crippen molar-refractivity contribution in [3.05, 3.63) is 93.5 Å². The average molecular weight is 529 g/mol. The van der Waals surface area contributed by atoms with Gasteiger partial charge in [0, 0.05) is 36.1 Å². The second kappa shape index (κ2) is 11.6. The van der Waals surface area contributed by atoms with Crippen LogP contribution in [0, 0.1) is 26.7 Å². The normalized spacial score (nSPS) is 10.8. The number of alkyl halides is 3. The first-order valence-corrected chi connectivity index (χ1v) is 11.2. The highest BCUT2D eigenvalue weighted by molar-refractivity contribution is 5.89. The zero-order chi connectivity index (χ0) is 28.0. The molecule has 3 aromatic heterocycles. The molecule has 2 N–H and O–H groups in total. The van der Waals surface area contributed by atoms with E-state index in [0.29, 0.717) is 34.2 Å². The van der Waals surface area contributed by atoms with Gasteiger partial charge in [-0.3, -0.25) is 25.4 Å². The van der Waals surface area contributed by atoms with Gasteiger partial charge in [0.15, 0.2) is 5.82 Å². The maximum atomic E-state index is 13.7. The van der Waals surface area contributed by atoms with E-state index in [4.69, 9.17) is 0 Å². The van der Waals surface area contributed by atoms with Crippen molar-refractivity contribution in [3.63, 3.8) is 0 Å². The fourth-order valence-corrected chi connectivity index (χ4v) is 3.42. The molecule has 0 saturated carbocycles. The Balaban J connectivity index is 0.000000304. The van der Waals surface area contributed by atoms with Gasteiger partial charge in [-0.2, -0.15) is 22.7 Å². The minimum absolute atomic E-state index is 0.243. The van der Waals surface area contributed by atoms with Crippen molar-refractivity contribution in [2.24, 2.45) is 7.05 Å². The predicted molar refractivity (Wildman–Crippen MR) is 134 cm³/mol. The van der Waals surface area contributed by atoms with E-state index in [1.807, 2.05) is 31.2 Å². The third-order valence-electron chi connectivity index (χ3n) is 5.34. The lowest BCUT2D eigenvalue weighted by molar-refractivity contribution is -0.141. The molecular weight excluding hydrogens is 504 g/mol. The molecule has 0 aliphatic carbocycles. The molecule has 0 radical (unpaired) electrons. The van der Waals surface area contributed by atoms with Crippen LogP contribution in [0.5, 0.6) is 0 Å². The smallest absolute Gasteiger partial charge is 0.280 e. The zero-order valence-corrected chi connectivity index (χ0v) is 20.9. The van der Waals surface area contributed by atoms with E-state index >= 15 is 0 Å². The van der Waals surface area contributed by atoms with Gasteiger partial charge >= 0.3 is 6.18 Å². The number of nitrogens with one attached hydrogen (secondary N) is 2. The molecule has 4 rings (SSSR count). The van der Waals surface area contributed by atoms with E-state index in [1.54, 1.807) is 19.9 Å². The van der Waals surface area contributed by atoms with Gasteiger partial charge < -0.3 is 0 Å². The minimum atomic E-state index is -4.33. The van der Waals surface area contributed by atoms with E-state index in [2.05, 4.69) is 25.9 Å². The molecule has 0 saturated heterocycles. The predicted octanol–water partition coefficient (Wildman–Crippen LogP) is 4.75. The molecule has 0 aliphatic rings. The van der Waals surface area contributed by atoms with Crippen LogP contribution in [0.25, 0.3) is 22.3 Å². The molecule has 38 heavy (non-hydrogen) atoms. The van der Waals surface area contributed by atoms with Gasteiger partial charge in [-0.1, -0.05) is 35.9 Å². The van der Waals surface area contributed by atoms with E-state index in [1.165, 1.54) is 30.2 Å². The number of aryl methyl sites for hydroxylation is 4. The molecule has 1 aromatic carbocycles. The van der Waals surface area contributed by atoms with Crippen LogP contribution in [0.4, 0.5) is 23.4 Å². The highest BCUT2D eigenvalue weighted by Crippen LogP contribution is 2.34. The number of anilines is 1. The number of pyridine rings is 2. The number of hydrazine groups is 1. The van der Waals surface area contributed by atoms with Crippen molar-refractivity contribution in [1.82, 2.24) is 25.2 Å². The second-order valence-electron chi connectivity index (χ2n) is 8.33. The van der Waals surface area contributed by atoms with Gasteiger partial charge in [-0.05, 0) is 44.0 Å². The standard InChI is InChI=1S/C19H18FN5O2.C7H6F3N/c1-11-4-6-13(7-5-11)16-15(14-8-12(2)17(20)21-9-14)18(23-22-10-26)24-25(3)19(16)27;1-5-2-3-6(11-4-5)7(8,9)10/h4-10H,1-3H3,(H,22,26)(H,23,24);2-4H,1H3. The summed E-state index contributed by atoms with van der Waals surface area (Å²) in [6.45, 7) is 5.22. The second-order valence-corrected chi connectivity index (χ2v) is 8.33. The van der Waals surface area contributed by atoms with Crippen molar-refractivity contribution in [2.75, 3.05) is 5.43 Å². The summed E-state index contributed by atoms with van der Waals surface area (Å²) in [5.74, 6) is -0.347. The maximum absolute atomic E-state index is 13.7. The van der Waals surface area contributed by atoms with Crippen LogP contribution in [-0.2, 0) is 18.0 Å². The number of aromatic nitrogens is 4. The molecular formula is C26H24F4N6O2. The number of hydrogen-bond donors (Lipinski definition) is 2. The number of carbonyl (C=O) groups is 1. The topological polar surface area (TPSA) is 102 Å². The molecule has 1 amide bonds. The van der Waals surface area contributed by atoms with Gasteiger partial charge in [0.25, 0.3) is 5.56 Å². The number of hydrogen-bond acceptors (Lipinski definition) is 6. The SMILES string of the molecule is Cc1ccc(-c2c(-c3cnc(F)c(C)c3)c(NNC=O)nn(C)c2=O)cc1.Cc1ccc(C(F)(F)F)nc1. The van der Waals surface area contributed by atoms with E-state index < -0.39 is 17.8 Å². The minimum Gasteiger partial charge on any atom is -0.280 e. The Morgan fingerprint density at radius 3 is 2.11 bits per heavy atom. The zero-order valence-electron chi connectivity index (χ0n) is 20.9. The summed E-state index contributed by atoms with van der Waals surface area (Å²) in [5.41, 5.74) is 7.91.